The van der Waals surface area contributed by atoms with Gasteiger partial charge in [0, 0.05) is 11.3 Å². The maximum atomic E-state index is 8.78. The van der Waals surface area contributed by atoms with Gasteiger partial charge in [-0.3, -0.25) is 9.35 Å². The number of para-hydroxylation sites is 1. The van der Waals surface area contributed by atoms with E-state index in [4.69, 9.17) is 21.0 Å². The van der Waals surface area contributed by atoms with E-state index in [1.165, 1.54) is 4.70 Å². The Balaban J connectivity index is 0.000000213. The fourth-order valence-electron chi connectivity index (χ4n) is 0.894. The van der Waals surface area contributed by atoms with E-state index in [9.17, 15) is 0 Å². The third-order valence-electron chi connectivity index (χ3n) is 1.33. The van der Waals surface area contributed by atoms with Crippen molar-refractivity contribution in [2.45, 2.75) is 0 Å². The lowest BCUT2D eigenvalue weighted by Crippen LogP contribution is -1.97. The van der Waals surface area contributed by atoms with Gasteiger partial charge in [-0.1, -0.05) is 12.1 Å². The van der Waals surface area contributed by atoms with Crippen molar-refractivity contribution in [3.05, 3.63) is 28.2 Å². The zero-order chi connectivity index (χ0) is 10.6. The number of benzene rings is 1. The standard InChI is InChI=1S/C7H5NS2.H3NO2S/c9-7-8-5-3-1-2-4-6(5)10-7;1-4(2)3/h1-4H,(H,8,9);1H2,(H,2,3)/p-1. The summed E-state index contributed by atoms with van der Waals surface area (Å²) in [6, 6.07) is 8.11. The summed E-state index contributed by atoms with van der Waals surface area (Å²) in [5.41, 5.74) is 1.14. The molecule has 0 fully saturated rings. The van der Waals surface area contributed by atoms with Crippen LogP contribution in [-0.4, -0.2) is 13.7 Å². The van der Waals surface area contributed by atoms with Crippen molar-refractivity contribution in [1.82, 2.24) is 4.98 Å². The number of thiazole rings is 1. The van der Waals surface area contributed by atoms with E-state index >= 15 is 0 Å². The molecule has 1 aromatic heterocycles. The van der Waals surface area contributed by atoms with Gasteiger partial charge >= 0.3 is 0 Å². The molecule has 2 aromatic rings. The van der Waals surface area contributed by atoms with Crippen LogP contribution in [0.2, 0.25) is 0 Å². The Labute approximate surface area is 92.2 Å². The summed E-state index contributed by atoms with van der Waals surface area (Å²) >= 11 is 4.23. The van der Waals surface area contributed by atoms with Crippen molar-refractivity contribution < 1.29 is 8.76 Å². The predicted molar refractivity (Wildman–Crippen MR) is 60.1 cm³/mol. The number of nitrogens with two attached hydrogens (primary N) is 1. The second kappa shape index (κ2) is 5.32. The highest BCUT2D eigenvalue weighted by Gasteiger charge is 1.91. The smallest absolute Gasteiger partial charge is 0.159 e. The average molecular weight is 247 g/mol. The number of H-pyrrole nitrogens is 1. The molecule has 0 radical (unpaired) electrons. The predicted octanol–water partition coefficient (Wildman–Crippen LogP) is 1.70. The molecule has 1 heterocycles. The van der Waals surface area contributed by atoms with Gasteiger partial charge in [0.05, 0.1) is 10.2 Å². The quantitative estimate of drug-likeness (QED) is 0.549. The monoisotopic (exact) mass is 247 g/mol. The van der Waals surface area contributed by atoms with Gasteiger partial charge in [0.25, 0.3) is 0 Å². The van der Waals surface area contributed by atoms with Gasteiger partial charge in [-0.25, -0.2) is 0 Å². The number of rotatable bonds is 0. The van der Waals surface area contributed by atoms with Crippen LogP contribution in [0.15, 0.2) is 24.3 Å². The first-order valence-electron chi connectivity index (χ1n) is 3.51. The number of aromatic nitrogens is 1. The molecule has 76 valence electrons. The van der Waals surface area contributed by atoms with Crippen molar-refractivity contribution in [2.24, 2.45) is 5.14 Å². The van der Waals surface area contributed by atoms with Crippen molar-refractivity contribution >= 4 is 45.0 Å². The maximum Gasteiger partial charge on any atom is 0.159 e. The highest BCUT2D eigenvalue weighted by Crippen LogP contribution is 2.17. The van der Waals surface area contributed by atoms with E-state index in [-0.39, 0.29) is 0 Å². The SMILES string of the molecule is NS(=O)[O-].S=c1[nH]c2ccccc2s1. The Morgan fingerprint density at radius 2 is 2.07 bits per heavy atom. The van der Waals surface area contributed by atoms with Gasteiger partial charge in [-0.05, 0) is 24.4 Å². The molecule has 14 heavy (non-hydrogen) atoms. The van der Waals surface area contributed by atoms with Crippen LogP contribution in [0.25, 0.3) is 10.2 Å². The first-order chi connectivity index (χ1) is 6.59. The van der Waals surface area contributed by atoms with Gasteiger partial charge in [-0.15, -0.1) is 11.3 Å². The number of hydrogen-bond donors (Lipinski definition) is 2. The molecule has 0 spiro atoms. The van der Waals surface area contributed by atoms with Crippen molar-refractivity contribution in [1.29, 1.82) is 0 Å². The van der Waals surface area contributed by atoms with Crippen molar-refractivity contribution in [3.8, 4) is 0 Å². The number of aromatic amines is 1. The zero-order valence-corrected chi connectivity index (χ0v) is 9.38. The molecular weight excluding hydrogens is 240 g/mol. The Kier molecular flexibility index (Phi) is 4.36. The molecule has 0 bridgehead atoms. The van der Waals surface area contributed by atoms with Crippen LogP contribution in [-0.2, 0) is 11.3 Å². The van der Waals surface area contributed by atoms with E-state index in [2.05, 4.69) is 16.2 Å². The van der Waals surface area contributed by atoms with E-state index in [0.717, 1.165) is 9.47 Å². The Morgan fingerprint density at radius 1 is 1.50 bits per heavy atom. The van der Waals surface area contributed by atoms with Crippen LogP contribution in [0.1, 0.15) is 0 Å². The van der Waals surface area contributed by atoms with Gasteiger partial charge in [-0.2, -0.15) is 0 Å². The molecule has 1 unspecified atom stereocenters. The molecule has 4 nitrogen and oxygen atoms in total. The summed E-state index contributed by atoms with van der Waals surface area (Å²) < 4.78 is 19.6. The molecule has 0 saturated heterocycles. The molecule has 1 atom stereocenters. The number of hydrogen-bond acceptors (Lipinski definition) is 4. The highest BCUT2D eigenvalue weighted by atomic mass is 32.2. The van der Waals surface area contributed by atoms with Crippen LogP contribution in [0.5, 0.6) is 0 Å². The average Bonchev–Trinajstić information content (AvgIpc) is 2.42. The topological polar surface area (TPSA) is 81.9 Å². The molecule has 7 heteroatoms. The van der Waals surface area contributed by atoms with Gasteiger partial charge in [0.2, 0.25) is 0 Å². The molecule has 1 aromatic carbocycles. The van der Waals surface area contributed by atoms with Crippen molar-refractivity contribution in [3.63, 3.8) is 0 Å². The maximum absolute atomic E-state index is 8.78. The Hall–Kier alpha value is -0.600. The van der Waals surface area contributed by atoms with Gasteiger partial charge < -0.3 is 9.54 Å². The first kappa shape index (κ1) is 11.5. The van der Waals surface area contributed by atoms with Crippen LogP contribution >= 0.6 is 23.6 Å². The van der Waals surface area contributed by atoms with Gasteiger partial charge in [0.1, 0.15) is 0 Å². The fraction of sp³-hybridized carbons (Fsp3) is 0. The van der Waals surface area contributed by atoms with Crippen LogP contribution in [0.3, 0.4) is 0 Å². The molecule has 0 aliphatic rings. The summed E-state index contributed by atoms with van der Waals surface area (Å²) in [5, 5.41) is 4.03. The first-order valence-corrected chi connectivity index (χ1v) is 5.87. The lowest BCUT2D eigenvalue weighted by molar-refractivity contribution is 0.539. The second-order valence-electron chi connectivity index (χ2n) is 2.27. The zero-order valence-electron chi connectivity index (χ0n) is 6.93. The lowest BCUT2D eigenvalue weighted by atomic mass is 10.3. The third kappa shape index (κ3) is 3.64. The summed E-state index contributed by atoms with van der Waals surface area (Å²) in [7, 11) is 0. The lowest BCUT2D eigenvalue weighted by Gasteiger charge is -1.85. The van der Waals surface area contributed by atoms with E-state index in [1.807, 2.05) is 18.2 Å². The summed E-state index contributed by atoms with van der Waals surface area (Å²) in [4.78, 5) is 3.09. The third-order valence-corrected chi connectivity index (χ3v) is 2.54. The van der Waals surface area contributed by atoms with E-state index in [1.54, 1.807) is 11.3 Å². The van der Waals surface area contributed by atoms with Gasteiger partial charge in [0.15, 0.2) is 3.95 Å². The van der Waals surface area contributed by atoms with Crippen molar-refractivity contribution in [2.75, 3.05) is 0 Å². The molecule has 3 N–H and O–H groups in total. The number of nitrogens with one attached hydrogen (secondary N) is 1. The minimum atomic E-state index is -2.36. The van der Waals surface area contributed by atoms with Crippen LogP contribution < -0.4 is 5.14 Å². The summed E-state index contributed by atoms with van der Waals surface area (Å²) in [6.45, 7) is 0. The number of fused-ring (bicyclic) bond motifs is 1. The molecule has 0 aliphatic carbocycles. The Morgan fingerprint density at radius 3 is 2.64 bits per heavy atom. The molecular formula is C7H7N2O2S3-. The largest absolute Gasteiger partial charge is 0.760 e. The summed E-state index contributed by atoms with van der Waals surface area (Å²) in [6.07, 6.45) is 0. The minimum absolute atomic E-state index is 0.848. The van der Waals surface area contributed by atoms with E-state index in [0.29, 0.717) is 0 Å². The minimum Gasteiger partial charge on any atom is -0.760 e. The fourth-order valence-corrected chi connectivity index (χ4v) is 2.01. The molecule has 0 aliphatic heterocycles. The second-order valence-corrected chi connectivity index (χ2v) is 4.51. The normalized spacial score (nSPS) is 11.9. The Bertz CT molecular complexity index is 451. The van der Waals surface area contributed by atoms with E-state index < -0.39 is 11.3 Å². The van der Waals surface area contributed by atoms with Crippen LogP contribution in [0, 0.1) is 3.95 Å². The molecule has 2 rings (SSSR count). The highest BCUT2D eigenvalue weighted by molar-refractivity contribution is 7.76. The summed E-state index contributed by atoms with van der Waals surface area (Å²) in [5.74, 6) is 0. The molecule has 0 saturated carbocycles. The molecule has 0 amide bonds. The van der Waals surface area contributed by atoms with Crippen LogP contribution in [0.4, 0.5) is 0 Å².